The molecule has 0 spiro atoms. The van der Waals surface area contributed by atoms with E-state index in [1.807, 2.05) is 0 Å². The molecular formula is C13H11N5O3. The van der Waals surface area contributed by atoms with Gasteiger partial charge in [-0.25, -0.2) is 9.48 Å². The van der Waals surface area contributed by atoms with Crippen LogP contribution in [0, 0.1) is 10.1 Å². The number of aromatic nitrogens is 3. The molecule has 8 nitrogen and oxygen atoms in total. The zero-order valence-corrected chi connectivity index (χ0v) is 10.8. The number of nitro groups is 1. The highest BCUT2D eigenvalue weighted by molar-refractivity contribution is 5.63. The van der Waals surface area contributed by atoms with Crippen LogP contribution < -0.4 is 11.4 Å². The number of anilines is 1. The summed E-state index contributed by atoms with van der Waals surface area (Å²) in [5.74, 6) is 0. The molecule has 0 saturated carbocycles. The van der Waals surface area contributed by atoms with Crippen molar-refractivity contribution in [2.75, 3.05) is 5.73 Å². The van der Waals surface area contributed by atoms with Crippen LogP contribution in [0.2, 0.25) is 0 Å². The summed E-state index contributed by atoms with van der Waals surface area (Å²) in [6, 6.07) is 9.69. The molecule has 2 heterocycles. The van der Waals surface area contributed by atoms with Crippen LogP contribution in [-0.4, -0.2) is 19.1 Å². The number of hydrogen-bond acceptors (Lipinski definition) is 5. The van der Waals surface area contributed by atoms with Gasteiger partial charge in [0.2, 0.25) is 0 Å². The summed E-state index contributed by atoms with van der Waals surface area (Å²) in [4.78, 5) is 22.5. The summed E-state index contributed by atoms with van der Waals surface area (Å²) in [6.07, 6.45) is 1.61. The minimum Gasteiger partial charge on any atom is -0.393 e. The van der Waals surface area contributed by atoms with Gasteiger partial charge in [0.15, 0.2) is 5.65 Å². The molecule has 0 saturated heterocycles. The predicted octanol–water partition coefficient (Wildman–Crippen LogP) is 1.03. The fourth-order valence-corrected chi connectivity index (χ4v) is 2.13. The number of nitrogen functional groups attached to an aromatic ring is 1. The number of hydrogen-bond donors (Lipinski definition) is 1. The van der Waals surface area contributed by atoms with E-state index < -0.39 is 4.92 Å². The Labute approximate surface area is 118 Å². The molecule has 3 rings (SSSR count). The maximum atomic E-state index is 12.2. The van der Waals surface area contributed by atoms with Crippen molar-refractivity contribution in [1.82, 2.24) is 14.2 Å². The number of fused-ring (bicyclic) bond motifs is 1. The average Bonchev–Trinajstić information content (AvgIpc) is 2.78. The summed E-state index contributed by atoms with van der Waals surface area (Å²) < 4.78 is 2.62. The zero-order valence-electron chi connectivity index (χ0n) is 10.8. The van der Waals surface area contributed by atoms with Crippen molar-refractivity contribution in [3.63, 3.8) is 0 Å². The van der Waals surface area contributed by atoms with Gasteiger partial charge in [-0.3, -0.25) is 14.5 Å². The summed E-state index contributed by atoms with van der Waals surface area (Å²) in [5.41, 5.74) is 6.32. The minimum atomic E-state index is -0.550. The molecule has 106 valence electrons. The normalized spacial score (nSPS) is 10.9. The summed E-state index contributed by atoms with van der Waals surface area (Å²) in [5, 5.41) is 15.0. The summed E-state index contributed by atoms with van der Waals surface area (Å²) >= 11 is 0. The maximum absolute atomic E-state index is 12.2. The number of benzene rings is 1. The highest BCUT2D eigenvalue weighted by Gasteiger charge is 2.16. The number of nitrogens with zero attached hydrogens (tertiary/aromatic N) is 4. The Balaban J connectivity index is 2.07. The first kappa shape index (κ1) is 12.9. The predicted molar refractivity (Wildman–Crippen MR) is 76.1 cm³/mol. The number of nitro benzene ring substituents is 1. The lowest BCUT2D eigenvalue weighted by Gasteiger charge is -2.05. The van der Waals surface area contributed by atoms with Crippen LogP contribution in [-0.2, 0) is 6.54 Å². The Morgan fingerprint density at radius 3 is 2.76 bits per heavy atom. The van der Waals surface area contributed by atoms with Gasteiger partial charge in [0, 0.05) is 17.8 Å². The quantitative estimate of drug-likeness (QED) is 0.439. The van der Waals surface area contributed by atoms with Gasteiger partial charge in [-0.15, -0.1) is 5.10 Å². The molecule has 0 radical (unpaired) electrons. The Kier molecular flexibility index (Phi) is 2.90. The van der Waals surface area contributed by atoms with E-state index >= 15 is 0 Å². The highest BCUT2D eigenvalue weighted by atomic mass is 16.6. The molecule has 0 amide bonds. The lowest BCUT2D eigenvalue weighted by Crippen LogP contribution is -2.22. The fraction of sp³-hybridized carbons (Fsp3) is 0.0769. The summed E-state index contributed by atoms with van der Waals surface area (Å²) in [6.45, 7) is 0.0774. The first-order valence-corrected chi connectivity index (χ1v) is 6.14. The van der Waals surface area contributed by atoms with Crippen LogP contribution in [0.25, 0.3) is 5.65 Å². The van der Waals surface area contributed by atoms with Gasteiger partial charge in [0.05, 0.1) is 11.5 Å². The van der Waals surface area contributed by atoms with Crippen LogP contribution in [0.15, 0.2) is 47.4 Å². The zero-order chi connectivity index (χ0) is 15.0. The van der Waals surface area contributed by atoms with Crippen LogP contribution in [0.3, 0.4) is 0 Å². The van der Waals surface area contributed by atoms with E-state index in [0.29, 0.717) is 11.2 Å². The third kappa shape index (κ3) is 2.12. The Bertz CT molecular complexity index is 896. The molecule has 0 bridgehead atoms. The van der Waals surface area contributed by atoms with Crippen LogP contribution in [0.4, 0.5) is 11.4 Å². The molecule has 0 unspecified atom stereocenters. The molecule has 0 atom stereocenters. The van der Waals surface area contributed by atoms with Crippen molar-refractivity contribution in [2.45, 2.75) is 6.54 Å². The number of pyridine rings is 1. The largest absolute Gasteiger partial charge is 0.393 e. The highest BCUT2D eigenvalue weighted by Crippen LogP contribution is 2.25. The second kappa shape index (κ2) is 4.75. The minimum absolute atomic E-state index is 0.0476. The van der Waals surface area contributed by atoms with Crippen LogP contribution in [0.5, 0.6) is 0 Å². The molecule has 3 aromatic rings. The maximum Gasteiger partial charge on any atom is 0.350 e. The molecular weight excluding hydrogens is 274 g/mol. The van der Waals surface area contributed by atoms with E-state index in [-0.39, 0.29) is 23.6 Å². The molecule has 1 aromatic carbocycles. The van der Waals surface area contributed by atoms with E-state index in [2.05, 4.69) is 5.10 Å². The number of nitrogens with two attached hydrogens (primary N) is 1. The SMILES string of the molecule is Nc1c(Cn2nc3ccccn3c2=O)cccc1[N+](=O)[O-]. The van der Waals surface area contributed by atoms with Gasteiger partial charge in [0.1, 0.15) is 5.69 Å². The molecule has 2 N–H and O–H groups in total. The van der Waals surface area contributed by atoms with Gasteiger partial charge in [0.25, 0.3) is 5.69 Å². The van der Waals surface area contributed by atoms with E-state index in [9.17, 15) is 14.9 Å². The third-order valence-corrected chi connectivity index (χ3v) is 3.18. The third-order valence-electron chi connectivity index (χ3n) is 3.18. The number of para-hydroxylation sites is 1. The van der Waals surface area contributed by atoms with Crippen molar-refractivity contribution in [2.24, 2.45) is 0 Å². The average molecular weight is 285 g/mol. The smallest absolute Gasteiger partial charge is 0.350 e. The van der Waals surface area contributed by atoms with E-state index in [1.165, 1.54) is 21.2 Å². The molecule has 0 fully saturated rings. The van der Waals surface area contributed by atoms with Crippen molar-refractivity contribution >= 4 is 17.0 Å². The topological polar surface area (TPSA) is 108 Å². The van der Waals surface area contributed by atoms with E-state index in [1.54, 1.807) is 30.5 Å². The van der Waals surface area contributed by atoms with E-state index in [4.69, 9.17) is 5.73 Å². The van der Waals surface area contributed by atoms with Crippen molar-refractivity contribution < 1.29 is 4.92 Å². The Morgan fingerprint density at radius 1 is 1.24 bits per heavy atom. The molecule has 2 aromatic heterocycles. The first-order valence-electron chi connectivity index (χ1n) is 6.14. The van der Waals surface area contributed by atoms with Gasteiger partial charge < -0.3 is 5.73 Å². The Morgan fingerprint density at radius 2 is 2.05 bits per heavy atom. The van der Waals surface area contributed by atoms with Gasteiger partial charge in [-0.2, -0.15) is 0 Å². The standard InChI is InChI=1S/C13H11N5O3/c14-12-9(4-3-5-10(12)18(20)21)8-17-13(19)16-7-2-1-6-11(16)15-17/h1-7H,8,14H2. The molecule has 0 aliphatic heterocycles. The van der Waals surface area contributed by atoms with E-state index in [0.717, 1.165) is 0 Å². The first-order chi connectivity index (χ1) is 10.1. The van der Waals surface area contributed by atoms with Crippen molar-refractivity contribution in [3.8, 4) is 0 Å². The fourth-order valence-electron chi connectivity index (χ4n) is 2.13. The second-order valence-corrected chi connectivity index (χ2v) is 4.48. The van der Waals surface area contributed by atoms with Gasteiger partial charge >= 0.3 is 5.69 Å². The van der Waals surface area contributed by atoms with Crippen LogP contribution >= 0.6 is 0 Å². The lowest BCUT2D eigenvalue weighted by atomic mass is 10.1. The molecule has 21 heavy (non-hydrogen) atoms. The Hall–Kier alpha value is -3.16. The summed E-state index contributed by atoms with van der Waals surface area (Å²) in [7, 11) is 0. The van der Waals surface area contributed by atoms with Crippen molar-refractivity contribution in [1.29, 1.82) is 0 Å². The van der Waals surface area contributed by atoms with Gasteiger partial charge in [-0.05, 0) is 12.1 Å². The molecule has 8 heteroatoms. The molecule has 0 aliphatic carbocycles. The number of rotatable bonds is 3. The lowest BCUT2D eigenvalue weighted by molar-refractivity contribution is -0.383. The van der Waals surface area contributed by atoms with Gasteiger partial charge in [-0.1, -0.05) is 18.2 Å². The van der Waals surface area contributed by atoms with Crippen LogP contribution in [0.1, 0.15) is 5.56 Å². The molecule has 0 aliphatic rings. The second-order valence-electron chi connectivity index (χ2n) is 4.48. The monoisotopic (exact) mass is 285 g/mol. The van der Waals surface area contributed by atoms with Crippen molar-refractivity contribution in [3.05, 3.63) is 68.8 Å².